The molecule has 0 saturated carbocycles. The van der Waals surface area contributed by atoms with Gasteiger partial charge in [-0.1, -0.05) is 18.5 Å². The molecule has 3 aromatic heterocycles. The van der Waals surface area contributed by atoms with Gasteiger partial charge in [0.15, 0.2) is 11.6 Å². The first-order valence-electron chi connectivity index (χ1n) is 11.0. The molecule has 5 rings (SSSR count). The van der Waals surface area contributed by atoms with Crippen molar-refractivity contribution in [1.29, 1.82) is 0 Å². The molecule has 1 aromatic carbocycles. The number of hydrogen-bond donors (Lipinski definition) is 0. The summed E-state index contributed by atoms with van der Waals surface area (Å²) in [4.78, 5) is 21.3. The van der Waals surface area contributed by atoms with Crippen LogP contribution in [0.25, 0.3) is 4.96 Å². The van der Waals surface area contributed by atoms with Crippen molar-refractivity contribution in [2.45, 2.75) is 39.7 Å². The van der Waals surface area contributed by atoms with E-state index in [1.165, 1.54) is 0 Å². The van der Waals surface area contributed by atoms with Crippen molar-refractivity contribution in [1.82, 2.24) is 24.1 Å². The first kappa shape index (κ1) is 22.0. The topological polar surface area (TPSA) is 64.7 Å². The van der Waals surface area contributed by atoms with Crippen molar-refractivity contribution in [3.05, 3.63) is 68.7 Å². The number of carbonyl (C=O) groups is 1. The molecule has 4 heterocycles. The van der Waals surface area contributed by atoms with Gasteiger partial charge < -0.3 is 9.64 Å². The number of benzene rings is 1. The highest BCUT2D eigenvalue weighted by atomic mass is 35.5. The summed E-state index contributed by atoms with van der Waals surface area (Å²) >= 11 is 7.73. The van der Waals surface area contributed by atoms with Crippen molar-refractivity contribution >= 4 is 33.8 Å². The molecule has 0 radical (unpaired) electrons. The van der Waals surface area contributed by atoms with Gasteiger partial charge in [-0.25, -0.2) is 4.98 Å². The lowest BCUT2D eigenvalue weighted by Gasteiger charge is -2.36. The Balaban J connectivity index is 1.52. The van der Waals surface area contributed by atoms with E-state index < -0.39 is 0 Å². The number of imidazole rings is 1. The number of ether oxygens (including phenoxy) is 1. The zero-order valence-corrected chi connectivity index (χ0v) is 20.7. The Hall–Kier alpha value is -2.84. The highest BCUT2D eigenvalue weighted by Gasteiger charge is 2.38. The minimum absolute atomic E-state index is 0.0373. The Morgan fingerprint density at radius 3 is 2.88 bits per heavy atom. The van der Waals surface area contributed by atoms with Gasteiger partial charge in [0.2, 0.25) is 0 Å². The van der Waals surface area contributed by atoms with Crippen molar-refractivity contribution in [3.63, 3.8) is 0 Å². The van der Waals surface area contributed by atoms with Crippen LogP contribution in [0.15, 0.2) is 29.8 Å². The molecule has 1 aliphatic heterocycles. The third kappa shape index (κ3) is 3.71. The Kier molecular flexibility index (Phi) is 5.66. The predicted molar refractivity (Wildman–Crippen MR) is 129 cm³/mol. The summed E-state index contributed by atoms with van der Waals surface area (Å²) in [7, 11) is 1.94. The van der Waals surface area contributed by atoms with Gasteiger partial charge in [0, 0.05) is 47.9 Å². The molecule has 0 spiro atoms. The normalized spacial score (nSPS) is 15.8. The molecule has 0 N–H and O–H groups in total. The van der Waals surface area contributed by atoms with Crippen LogP contribution in [-0.4, -0.2) is 43.1 Å². The lowest BCUT2D eigenvalue weighted by atomic mass is 9.94. The predicted octanol–water partition coefficient (Wildman–Crippen LogP) is 4.52. The maximum atomic E-state index is 13.6. The molecule has 172 valence electrons. The molecular weight excluding hydrogens is 458 g/mol. The van der Waals surface area contributed by atoms with Crippen LogP contribution in [0.5, 0.6) is 5.75 Å². The van der Waals surface area contributed by atoms with Gasteiger partial charge in [0.1, 0.15) is 11.8 Å². The van der Waals surface area contributed by atoms with Crippen LogP contribution in [0.3, 0.4) is 0 Å². The van der Waals surface area contributed by atoms with Gasteiger partial charge in [-0.05, 0) is 44.0 Å². The fourth-order valence-corrected chi connectivity index (χ4v) is 5.69. The lowest BCUT2D eigenvalue weighted by molar-refractivity contribution is -0.135. The second-order valence-corrected chi connectivity index (χ2v) is 9.65. The number of aromatic nitrogens is 4. The Bertz CT molecular complexity index is 1350. The largest absolute Gasteiger partial charge is 0.483 e. The second-order valence-electron chi connectivity index (χ2n) is 8.34. The fourth-order valence-electron chi connectivity index (χ4n) is 4.76. The molecule has 0 bridgehead atoms. The summed E-state index contributed by atoms with van der Waals surface area (Å²) < 4.78 is 10.00. The Labute approximate surface area is 201 Å². The van der Waals surface area contributed by atoms with E-state index in [4.69, 9.17) is 21.3 Å². The Morgan fingerprint density at radius 1 is 1.33 bits per heavy atom. The molecule has 1 atom stereocenters. The molecular formula is C24H26ClN5O2S. The summed E-state index contributed by atoms with van der Waals surface area (Å²) in [6.45, 7) is 6.64. The van der Waals surface area contributed by atoms with Crippen molar-refractivity contribution in [3.8, 4) is 5.75 Å². The van der Waals surface area contributed by atoms with E-state index in [9.17, 15) is 4.79 Å². The summed E-state index contributed by atoms with van der Waals surface area (Å²) in [5, 5.41) is 7.33. The summed E-state index contributed by atoms with van der Waals surface area (Å²) in [5.74, 6) is 0.637. The van der Waals surface area contributed by atoms with Crippen LogP contribution < -0.4 is 4.74 Å². The number of carbonyl (C=O) groups excluding carboxylic acids is 1. The van der Waals surface area contributed by atoms with Crippen molar-refractivity contribution in [2.24, 2.45) is 7.05 Å². The SMILES string of the molecule is CCc1cc(Cl)ccc1OCC(=O)N1CCc2nc3sccn3c2C1c1c(C)nn(C)c1C. The minimum Gasteiger partial charge on any atom is -0.483 e. The molecule has 9 heteroatoms. The van der Waals surface area contributed by atoms with Crippen LogP contribution in [0.1, 0.15) is 46.9 Å². The zero-order valence-electron chi connectivity index (χ0n) is 19.1. The molecule has 1 aliphatic rings. The van der Waals surface area contributed by atoms with Gasteiger partial charge in [-0.2, -0.15) is 5.10 Å². The molecule has 0 saturated heterocycles. The van der Waals surface area contributed by atoms with Gasteiger partial charge in [-0.15, -0.1) is 11.3 Å². The van der Waals surface area contributed by atoms with E-state index in [0.29, 0.717) is 23.7 Å². The summed E-state index contributed by atoms with van der Waals surface area (Å²) in [6.07, 6.45) is 3.52. The number of fused-ring (bicyclic) bond motifs is 3. The monoisotopic (exact) mass is 483 g/mol. The first-order chi connectivity index (χ1) is 15.9. The smallest absolute Gasteiger partial charge is 0.261 e. The number of hydrogen-bond acceptors (Lipinski definition) is 5. The number of aryl methyl sites for hydroxylation is 3. The molecule has 4 aromatic rings. The molecule has 7 nitrogen and oxygen atoms in total. The van der Waals surface area contributed by atoms with E-state index >= 15 is 0 Å². The van der Waals surface area contributed by atoms with E-state index in [-0.39, 0.29) is 18.6 Å². The van der Waals surface area contributed by atoms with Crippen molar-refractivity contribution in [2.75, 3.05) is 13.2 Å². The lowest BCUT2D eigenvalue weighted by Crippen LogP contribution is -2.43. The third-order valence-electron chi connectivity index (χ3n) is 6.45. The van der Waals surface area contributed by atoms with Crippen LogP contribution >= 0.6 is 22.9 Å². The minimum atomic E-state index is -0.265. The van der Waals surface area contributed by atoms with E-state index in [1.807, 2.05) is 54.2 Å². The van der Waals surface area contributed by atoms with Gasteiger partial charge >= 0.3 is 0 Å². The van der Waals surface area contributed by atoms with Crippen LogP contribution in [0.4, 0.5) is 0 Å². The van der Waals surface area contributed by atoms with E-state index in [1.54, 1.807) is 17.4 Å². The van der Waals surface area contributed by atoms with E-state index in [0.717, 1.165) is 45.3 Å². The van der Waals surface area contributed by atoms with Crippen molar-refractivity contribution < 1.29 is 9.53 Å². The zero-order chi connectivity index (χ0) is 23.3. The van der Waals surface area contributed by atoms with Gasteiger partial charge in [0.25, 0.3) is 5.91 Å². The second kappa shape index (κ2) is 8.50. The molecule has 0 fully saturated rings. The summed E-state index contributed by atoms with van der Waals surface area (Å²) in [6, 6.07) is 5.25. The molecule has 33 heavy (non-hydrogen) atoms. The average molecular weight is 484 g/mol. The number of rotatable bonds is 5. The van der Waals surface area contributed by atoms with Crippen LogP contribution in [-0.2, 0) is 24.7 Å². The maximum absolute atomic E-state index is 13.6. The standard InChI is InChI=1S/C24H26ClN5O2S/c1-5-16-12-17(25)6-7-19(16)32-13-20(31)29-9-8-18-22(30-10-11-33-24(30)26-18)23(29)21-14(2)27-28(4)15(21)3/h6-7,10-12,23H,5,8-9,13H2,1-4H3. The number of amides is 1. The van der Waals surface area contributed by atoms with Crippen LogP contribution in [0, 0.1) is 13.8 Å². The highest BCUT2D eigenvalue weighted by Crippen LogP contribution is 2.39. The van der Waals surface area contributed by atoms with Gasteiger partial charge in [0.05, 0.1) is 17.1 Å². The highest BCUT2D eigenvalue weighted by molar-refractivity contribution is 7.15. The molecule has 0 aliphatic carbocycles. The third-order valence-corrected chi connectivity index (χ3v) is 7.44. The molecule has 1 unspecified atom stereocenters. The number of halogens is 1. The van der Waals surface area contributed by atoms with Gasteiger partial charge in [-0.3, -0.25) is 13.9 Å². The number of nitrogens with zero attached hydrogens (tertiary/aromatic N) is 5. The van der Waals surface area contributed by atoms with E-state index in [2.05, 4.69) is 16.4 Å². The van der Waals surface area contributed by atoms with Crippen LogP contribution in [0.2, 0.25) is 5.02 Å². The fraction of sp³-hybridized carbons (Fsp3) is 0.375. The maximum Gasteiger partial charge on any atom is 0.261 e. The molecule has 1 amide bonds. The Morgan fingerprint density at radius 2 is 2.15 bits per heavy atom. The summed E-state index contributed by atoms with van der Waals surface area (Å²) in [5.41, 5.74) is 6.10. The quantitative estimate of drug-likeness (QED) is 0.419. The average Bonchev–Trinajstić information content (AvgIpc) is 3.45. The number of thiazole rings is 1. The first-order valence-corrected chi connectivity index (χ1v) is 12.3.